The summed E-state index contributed by atoms with van der Waals surface area (Å²) in [5.74, 6) is 0.858. The predicted molar refractivity (Wildman–Crippen MR) is 85.9 cm³/mol. The maximum absolute atomic E-state index is 12.1. The summed E-state index contributed by atoms with van der Waals surface area (Å²) in [5, 5.41) is -0.130. The van der Waals surface area contributed by atoms with Crippen molar-refractivity contribution < 1.29 is 4.79 Å². The lowest BCUT2D eigenvalue weighted by atomic mass is 10.1. The van der Waals surface area contributed by atoms with Crippen molar-refractivity contribution in [2.75, 3.05) is 14.1 Å². The number of hydrogen-bond acceptors (Lipinski definition) is 3. The maximum Gasteiger partial charge on any atom is 0.282 e. The van der Waals surface area contributed by atoms with Gasteiger partial charge in [-0.05, 0) is 23.4 Å². The molecule has 0 N–H and O–H groups in total. The summed E-state index contributed by atoms with van der Waals surface area (Å²) < 4.78 is 2.92. The summed E-state index contributed by atoms with van der Waals surface area (Å²) in [6, 6.07) is 7.92. The molecular weight excluding hydrogens is 338 g/mol. The van der Waals surface area contributed by atoms with Crippen molar-refractivity contribution in [2.45, 2.75) is 5.25 Å². The van der Waals surface area contributed by atoms with Crippen molar-refractivity contribution in [3.05, 3.63) is 52.5 Å². The highest BCUT2D eigenvalue weighted by atomic mass is 79.9. The highest BCUT2D eigenvalue weighted by Gasteiger charge is 2.25. The highest BCUT2D eigenvalue weighted by molar-refractivity contribution is 9.10. The normalized spacial score (nSPS) is 12.2. The van der Waals surface area contributed by atoms with Crippen LogP contribution in [0.2, 0.25) is 0 Å². The Morgan fingerprint density at radius 1 is 1.40 bits per heavy atom. The van der Waals surface area contributed by atoms with Crippen molar-refractivity contribution in [2.24, 2.45) is 7.05 Å². The molecule has 0 aliphatic rings. The quantitative estimate of drug-likeness (QED) is 0.844. The first-order valence-electron chi connectivity index (χ1n) is 6.10. The van der Waals surface area contributed by atoms with Gasteiger partial charge in [0.05, 0.1) is 5.25 Å². The molecule has 1 aromatic heterocycles. The van der Waals surface area contributed by atoms with Gasteiger partial charge in [0.1, 0.15) is 5.82 Å². The summed E-state index contributed by atoms with van der Waals surface area (Å²) in [6.45, 7) is 0. The van der Waals surface area contributed by atoms with E-state index in [0.717, 1.165) is 15.9 Å². The fourth-order valence-electron chi connectivity index (χ4n) is 1.78. The van der Waals surface area contributed by atoms with Crippen LogP contribution in [0, 0.1) is 0 Å². The van der Waals surface area contributed by atoms with E-state index in [1.54, 1.807) is 25.2 Å². The van der Waals surface area contributed by atoms with E-state index in [4.69, 9.17) is 0 Å². The zero-order valence-corrected chi connectivity index (χ0v) is 14.0. The van der Waals surface area contributed by atoms with E-state index in [0.29, 0.717) is 0 Å². The molecule has 2 rings (SSSR count). The van der Waals surface area contributed by atoms with Gasteiger partial charge in [0.25, 0.3) is 5.24 Å². The first-order valence-corrected chi connectivity index (χ1v) is 7.77. The molecule has 1 amide bonds. The molecule has 2 aromatic rings. The van der Waals surface area contributed by atoms with Crippen LogP contribution in [0.4, 0.5) is 4.79 Å². The number of hydrogen-bond donors (Lipinski definition) is 0. The smallest absolute Gasteiger partial charge is 0.282 e. The second-order valence-corrected chi connectivity index (χ2v) is 6.49. The summed E-state index contributed by atoms with van der Waals surface area (Å²) in [5.41, 5.74) is 1.04. The molecule has 0 radical (unpaired) electrons. The van der Waals surface area contributed by atoms with Crippen LogP contribution in [0.1, 0.15) is 16.6 Å². The molecule has 0 saturated carbocycles. The molecule has 0 aliphatic heterocycles. The van der Waals surface area contributed by atoms with Gasteiger partial charge in [0.2, 0.25) is 0 Å². The molecule has 4 nitrogen and oxygen atoms in total. The summed E-state index contributed by atoms with van der Waals surface area (Å²) in [6.07, 6.45) is 3.64. The van der Waals surface area contributed by atoms with Gasteiger partial charge in [-0.2, -0.15) is 0 Å². The average molecular weight is 354 g/mol. The number of benzene rings is 1. The molecule has 0 spiro atoms. The lowest BCUT2D eigenvalue weighted by molar-refractivity contribution is 0.241. The van der Waals surface area contributed by atoms with Gasteiger partial charge in [-0.3, -0.25) is 4.79 Å². The van der Waals surface area contributed by atoms with Crippen LogP contribution in [0.3, 0.4) is 0 Å². The maximum atomic E-state index is 12.1. The largest absolute Gasteiger partial charge is 0.340 e. The predicted octanol–water partition coefficient (Wildman–Crippen LogP) is 3.69. The monoisotopic (exact) mass is 353 g/mol. The van der Waals surface area contributed by atoms with E-state index >= 15 is 0 Å². The topological polar surface area (TPSA) is 38.1 Å². The minimum atomic E-state index is -0.138. The number of halogens is 1. The van der Waals surface area contributed by atoms with Gasteiger partial charge in [0.15, 0.2) is 0 Å². The van der Waals surface area contributed by atoms with Crippen LogP contribution in [0.25, 0.3) is 0 Å². The molecule has 1 atom stereocenters. The number of amides is 1. The van der Waals surface area contributed by atoms with E-state index in [9.17, 15) is 4.79 Å². The molecular formula is C14H16BrN3OS. The van der Waals surface area contributed by atoms with Gasteiger partial charge in [-0.15, -0.1) is 0 Å². The van der Waals surface area contributed by atoms with E-state index in [1.807, 2.05) is 42.1 Å². The van der Waals surface area contributed by atoms with Crippen LogP contribution in [0.5, 0.6) is 0 Å². The first-order chi connectivity index (χ1) is 9.50. The van der Waals surface area contributed by atoms with Crippen molar-refractivity contribution in [3.63, 3.8) is 0 Å². The van der Waals surface area contributed by atoms with Crippen molar-refractivity contribution in [3.8, 4) is 0 Å². The van der Waals surface area contributed by atoms with Crippen LogP contribution >= 0.6 is 27.7 Å². The standard InChI is InChI=1S/C14H16BrN3OS/c1-17(2)14(19)20-12(13-16-8-9-18(13)3)10-6-4-5-7-11(10)15/h4-9,12H,1-3H3. The fourth-order valence-corrected chi connectivity index (χ4v) is 3.52. The summed E-state index contributed by atoms with van der Waals surface area (Å²) in [7, 11) is 5.45. The molecule has 20 heavy (non-hydrogen) atoms. The van der Waals surface area contributed by atoms with Gasteiger partial charge >= 0.3 is 0 Å². The Morgan fingerprint density at radius 3 is 2.65 bits per heavy atom. The van der Waals surface area contributed by atoms with E-state index < -0.39 is 0 Å². The van der Waals surface area contributed by atoms with Crippen molar-refractivity contribution in [1.82, 2.24) is 14.5 Å². The summed E-state index contributed by atoms with van der Waals surface area (Å²) >= 11 is 4.82. The summed E-state index contributed by atoms with van der Waals surface area (Å²) in [4.78, 5) is 18.1. The zero-order chi connectivity index (χ0) is 14.7. The molecule has 0 aliphatic carbocycles. The number of nitrogens with zero attached hydrogens (tertiary/aromatic N) is 3. The Balaban J connectivity index is 2.43. The molecule has 1 aromatic carbocycles. The Labute approximate surface area is 131 Å². The third-order valence-electron chi connectivity index (χ3n) is 2.86. The van der Waals surface area contributed by atoms with Gasteiger partial charge in [0, 0.05) is 38.0 Å². The second-order valence-electron chi connectivity index (χ2n) is 4.58. The van der Waals surface area contributed by atoms with Gasteiger partial charge in [-0.25, -0.2) is 4.98 Å². The minimum absolute atomic E-state index is 0.00810. The van der Waals surface area contributed by atoms with Crippen molar-refractivity contribution in [1.29, 1.82) is 0 Å². The molecule has 1 unspecified atom stereocenters. The lowest BCUT2D eigenvalue weighted by Gasteiger charge is -2.19. The Hall–Kier alpha value is -1.27. The number of rotatable bonds is 3. The molecule has 0 fully saturated rings. The number of carbonyl (C=O) groups excluding carboxylic acids is 1. The minimum Gasteiger partial charge on any atom is -0.340 e. The van der Waals surface area contributed by atoms with E-state index in [1.165, 1.54) is 11.8 Å². The van der Waals surface area contributed by atoms with Gasteiger partial charge < -0.3 is 9.47 Å². The average Bonchev–Trinajstić information content (AvgIpc) is 2.82. The van der Waals surface area contributed by atoms with Crippen molar-refractivity contribution >= 4 is 32.9 Å². The van der Waals surface area contributed by atoms with E-state index in [2.05, 4.69) is 20.9 Å². The van der Waals surface area contributed by atoms with E-state index in [-0.39, 0.29) is 10.5 Å². The number of thioether (sulfide) groups is 1. The van der Waals surface area contributed by atoms with Crippen LogP contribution in [0.15, 0.2) is 41.1 Å². The Kier molecular flexibility index (Phi) is 4.88. The zero-order valence-electron chi connectivity index (χ0n) is 11.6. The third kappa shape index (κ3) is 3.24. The second kappa shape index (κ2) is 6.45. The van der Waals surface area contributed by atoms with Gasteiger partial charge in [-0.1, -0.05) is 34.1 Å². The van der Waals surface area contributed by atoms with Crippen LogP contribution in [-0.4, -0.2) is 33.8 Å². The number of imidazole rings is 1. The number of aryl methyl sites for hydroxylation is 1. The molecule has 106 valence electrons. The SMILES string of the molecule is CN(C)C(=O)SC(c1ccccc1Br)c1nccn1C. The highest BCUT2D eigenvalue weighted by Crippen LogP contribution is 2.39. The Morgan fingerprint density at radius 2 is 2.10 bits per heavy atom. The van der Waals surface area contributed by atoms with Crippen LogP contribution < -0.4 is 0 Å². The van der Waals surface area contributed by atoms with Crippen LogP contribution in [-0.2, 0) is 7.05 Å². The molecule has 6 heteroatoms. The molecule has 1 heterocycles. The molecule has 0 bridgehead atoms. The number of carbonyl (C=O) groups is 1. The first kappa shape index (κ1) is 15.1. The number of aromatic nitrogens is 2. The lowest BCUT2D eigenvalue weighted by Crippen LogP contribution is -2.19. The third-order valence-corrected chi connectivity index (χ3v) is 4.85. The Bertz CT molecular complexity index is 612. The fraction of sp³-hybridized carbons (Fsp3) is 0.286. The molecule has 0 saturated heterocycles.